The van der Waals surface area contributed by atoms with Gasteiger partial charge in [-0.25, -0.2) is 4.98 Å². The number of likely N-dealkylation sites (tertiary alicyclic amines) is 1. The van der Waals surface area contributed by atoms with E-state index in [0.717, 1.165) is 25.5 Å². The topological polar surface area (TPSA) is 56.0 Å². The maximum absolute atomic E-state index is 9.15. The van der Waals surface area contributed by atoms with Crippen LogP contribution in [0.4, 0.5) is 5.82 Å². The molecule has 0 bridgehead atoms. The minimum absolute atomic E-state index is 0.464. The number of nitriles is 1. The van der Waals surface area contributed by atoms with Gasteiger partial charge in [-0.2, -0.15) is 5.26 Å². The summed E-state index contributed by atoms with van der Waals surface area (Å²) in [7, 11) is 0. The van der Waals surface area contributed by atoms with Crippen molar-refractivity contribution < 1.29 is 0 Å². The lowest BCUT2D eigenvalue weighted by Gasteiger charge is -2.31. The molecule has 5 heteroatoms. The molecule has 0 N–H and O–H groups in total. The number of likely N-dealkylation sites (N-methyl/N-ethyl adjacent to an activating group) is 1. The highest BCUT2D eigenvalue weighted by Crippen LogP contribution is 2.22. The number of pyridine rings is 2. The van der Waals surface area contributed by atoms with Crippen molar-refractivity contribution in [3.8, 4) is 6.07 Å². The predicted octanol–water partition coefficient (Wildman–Crippen LogP) is 2.84. The predicted molar refractivity (Wildman–Crippen MR) is 94.5 cm³/mol. The standard InChI is InChI=1S/C19H23N5/c1-2-23-12-4-6-18(23)15-24(14-16-8-10-21-11-9-16)19-7-3-5-17(13-20)22-19/h3,5,7-11,18H,2,4,6,12,14-15H2,1H3. The van der Waals surface area contributed by atoms with Crippen molar-refractivity contribution in [3.05, 3.63) is 54.0 Å². The smallest absolute Gasteiger partial charge is 0.142 e. The van der Waals surface area contributed by atoms with E-state index in [0.29, 0.717) is 11.7 Å². The zero-order chi connectivity index (χ0) is 16.8. The minimum Gasteiger partial charge on any atom is -0.351 e. The molecule has 3 heterocycles. The minimum atomic E-state index is 0.464. The molecule has 0 saturated carbocycles. The van der Waals surface area contributed by atoms with Crippen LogP contribution in [0.5, 0.6) is 0 Å². The van der Waals surface area contributed by atoms with E-state index < -0.39 is 0 Å². The molecule has 24 heavy (non-hydrogen) atoms. The molecule has 2 aromatic rings. The Kier molecular flexibility index (Phi) is 5.39. The molecule has 124 valence electrons. The summed E-state index contributed by atoms with van der Waals surface area (Å²) in [5.74, 6) is 0.869. The number of anilines is 1. The van der Waals surface area contributed by atoms with Gasteiger partial charge in [0.15, 0.2) is 0 Å². The zero-order valence-electron chi connectivity index (χ0n) is 14.1. The van der Waals surface area contributed by atoms with Gasteiger partial charge in [0.1, 0.15) is 17.6 Å². The van der Waals surface area contributed by atoms with Gasteiger partial charge in [-0.3, -0.25) is 9.88 Å². The number of rotatable bonds is 6. The third-order valence-electron chi connectivity index (χ3n) is 4.63. The van der Waals surface area contributed by atoms with Gasteiger partial charge in [0.2, 0.25) is 0 Å². The molecule has 0 amide bonds. The van der Waals surface area contributed by atoms with Gasteiger partial charge in [0.25, 0.3) is 0 Å². The summed E-state index contributed by atoms with van der Waals surface area (Å²) in [5, 5.41) is 9.15. The largest absolute Gasteiger partial charge is 0.351 e. The van der Waals surface area contributed by atoms with Gasteiger partial charge in [0, 0.05) is 31.5 Å². The average molecular weight is 321 g/mol. The van der Waals surface area contributed by atoms with Crippen LogP contribution in [0.2, 0.25) is 0 Å². The monoisotopic (exact) mass is 321 g/mol. The highest BCUT2D eigenvalue weighted by atomic mass is 15.3. The second-order valence-electron chi connectivity index (χ2n) is 6.15. The third kappa shape index (κ3) is 3.90. The highest BCUT2D eigenvalue weighted by Gasteiger charge is 2.25. The van der Waals surface area contributed by atoms with Gasteiger partial charge in [-0.1, -0.05) is 13.0 Å². The van der Waals surface area contributed by atoms with Crippen LogP contribution in [0.1, 0.15) is 31.0 Å². The van der Waals surface area contributed by atoms with Crippen molar-refractivity contribution in [1.29, 1.82) is 5.26 Å². The summed E-state index contributed by atoms with van der Waals surface area (Å²) in [6, 6.07) is 12.4. The molecule has 1 saturated heterocycles. The maximum atomic E-state index is 9.15. The normalized spacial score (nSPS) is 17.6. The van der Waals surface area contributed by atoms with Crippen LogP contribution in [0.25, 0.3) is 0 Å². The number of aromatic nitrogens is 2. The van der Waals surface area contributed by atoms with Crippen LogP contribution in [0.3, 0.4) is 0 Å². The van der Waals surface area contributed by atoms with E-state index in [9.17, 15) is 0 Å². The lowest BCUT2D eigenvalue weighted by Crippen LogP contribution is -2.40. The molecular formula is C19H23N5. The number of hydrogen-bond donors (Lipinski definition) is 0. The third-order valence-corrected chi connectivity index (χ3v) is 4.63. The lowest BCUT2D eigenvalue weighted by molar-refractivity contribution is 0.268. The van der Waals surface area contributed by atoms with E-state index in [1.807, 2.05) is 36.7 Å². The van der Waals surface area contributed by atoms with Gasteiger partial charge in [-0.15, -0.1) is 0 Å². The molecule has 0 aliphatic carbocycles. The first kappa shape index (κ1) is 16.4. The number of hydrogen-bond acceptors (Lipinski definition) is 5. The summed E-state index contributed by atoms with van der Waals surface area (Å²) in [4.78, 5) is 13.4. The summed E-state index contributed by atoms with van der Waals surface area (Å²) < 4.78 is 0. The molecule has 2 aromatic heterocycles. The first-order valence-corrected chi connectivity index (χ1v) is 8.55. The Balaban J connectivity index is 1.84. The van der Waals surface area contributed by atoms with E-state index in [2.05, 4.69) is 32.8 Å². The van der Waals surface area contributed by atoms with Crippen molar-refractivity contribution in [2.24, 2.45) is 0 Å². The Hall–Kier alpha value is -2.45. The van der Waals surface area contributed by atoms with E-state index >= 15 is 0 Å². The Morgan fingerprint density at radius 3 is 2.88 bits per heavy atom. The second kappa shape index (κ2) is 7.89. The van der Waals surface area contributed by atoms with E-state index in [4.69, 9.17) is 5.26 Å². The highest BCUT2D eigenvalue weighted by molar-refractivity contribution is 5.42. The Morgan fingerprint density at radius 2 is 2.12 bits per heavy atom. The van der Waals surface area contributed by atoms with Crippen LogP contribution in [-0.4, -0.2) is 40.5 Å². The quantitative estimate of drug-likeness (QED) is 0.819. The van der Waals surface area contributed by atoms with E-state index in [1.54, 1.807) is 6.07 Å². The molecule has 1 unspecified atom stereocenters. The van der Waals surface area contributed by atoms with Crippen molar-refractivity contribution >= 4 is 5.82 Å². The molecule has 1 aliphatic rings. The zero-order valence-corrected chi connectivity index (χ0v) is 14.1. The molecule has 5 nitrogen and oxygen atoms in total. The van der Waals surface area contributed by atoms with Gasteiger partial charge in [0.05, 0.1) is 0 Å². The molecule has 0 spiro atoms. The van der Waals surface area contributed by atoms with Crippen LogP contribution >= 0.6 is 0 Å². The fourth-order valence-corrected chi connectivity index (χ4v) is 3.38. The SMILES string of the molecule is CCN1CCCC1CN(Cc1ccncc1)c1cccc(C#N)n1. The molecule has 1 fully saturated rings. The summed E-state index contributed by atoms with van der Waals surface area (Å²) >= 11 is 0. The molecule has 1 atom stereocenters. The van der Waals surface area contributed by atoms with Gasteiger partial charge < -0.3 is 4.90 Å². The van der Waals surface area contributed by atoms with Gasteiger partial charge >= 0.3 is 0 Å². The van der Waals surface area contributed by atoms with Gasteiger partial charge in [-0.05, 0) is 55.8 Å². The van der Waals surface area contributed by atoms with Crippen molar-refractivity contribution in [1.82, 2.24) is 14.9 Å². The molecule has 0 aromatic carbocycles. The summed E-state index contributed by atoms with van der Waals surface area (Å²) in [6.45, 7) is 6.19. The Bertz CT molecular complexity index is 694. The van der Waals surface area contributed by atoms with Crippen molar-refractivity contribution in [2.75, 3.05) is 24.5 Å². The van der Waals surface area contributed by atoms with Crippen molar-refractivity contribution in [2.45, 2.75) is 32.4 Å². The summed E-state index contributed by atoms with van der Waals surface area (Å²) in [5.41, 5.74) is 1.67. The molecular weight excluding hydrogens is 298 g/mol. The first-order chi connectivity index (χ1) is 11.8. The number of nitrogens with zero attached hydrogens (tertiary/aromatic N) is 5. The Morgan fingerprint density at radius 1 is 1.29 bits per heavy atom. The van der Waals surface area contributed by atoms with Crippen LogP contribution < -0.4 is 4.90 Å². The van der Waals surface area contributed by atoms with E-state index in [1.165, 1.54) is 24.9 Å². The molecule has 1 aliphatic heterocycles. The average Bonchev–Trinajstić information content (AvgIpc) is 3.09. The van der Waals surface area contributed by atoms with Crippen molar-refractivity contribution in [3.63, 3.8) is 0 Å². The fraction of sp³-hybridized carbons (Fsp3) is 0.421. The fourth-order valence-electron chi connectivity index (χ4n) is 3.38. The van der Waals surface area contributed by atoms with E-state index in [-0.39, 0.29) is 0 Å². The Labute approximate surface area is 143 Å². The second-order valence-corrected chi connectivity index (χ2v) is 6.15. The lowest BCUT2D eigenvalue weighted by atomic mass is 10.1. The van der Waals surface area contributed by atoms with Crippen LogP contribution in [0.15, 0.2) is 42.7 Å². The summed E-state index contributed by atoms with van der Waals surface area (Å²) in [6.07, 6.45) is 6.12. The van der Waals surface area contributed by atoms with Crippen LogP contribution in [0, 0.1) is 11.3 Å². The maximum Gasteiger partial charge on any atom is 0.142 e. The first-order valence-electron chi connectivity index (χ1n) is 8.55. The molecule has 0 radical (unpaired) electrons. The molecule has 3 rings (SSSR count). The van der Waals surface area contributed by atoms with Crippen LogP contribution in [-0.2, 0) is 6.54 Å².